The van der Waals surface area contributed by atoms with Crippen LogP contribution in [-0.2, 0) is 26.0 Å². The quantitative estimate of drug-likeness (QED) is 0.379. The summed E-state index contributed by atoms with van der Waals surface area (Å²) in [6, 6.07) is 11.2. The fourth-order valence-corrected chi connectivity index (χ4v) is 4.22. The summed E-state index contributed by atoms with van der Waals surface area (Å²) in [5.74, 6) is -1.02. The fourth-order valence-electron chi connectivity index (χ4n) is 2.97. The lowest BCUT2D eigenvalue weighted by Gasteiger charge is -2.25. The predicted molar refractivity (Wildman–Crippen MR) is 108 cm³/mol. The summed E-state index contributed by atoms with van der Waals surface area (Å²) in [4.78, 5) is 22.4. The van der Waals surface area contributed by atoms with Crippen molar-refractivity contribution in [1.29, 1.82) is 0 Å². The number of rotatable bonds is 9. The number of nitrogens with zero attached hydrogens (tertiary/aromatic N) is 1. The molecule has 0 saturated heterocycles. The molecule has 2 aromatic carbocycles. The van der Waals surface area contributed by atoms with E-state index in [2.05, 4.69) is 4.72 Å². The molecule has 156 valence electrons. The van der Waals surface area contributed by atoms with Crippen LogP contribution in [0.4, 0.5) is 5.69 Å². The van der Waals surface area contributed by atoms with Gasteiger partial charge in [-0.3, -0.25) is 14.9 Å². The van der Waals surface area contributed by atoms with Crippen LogP contribution in [0, 0.1) is 23.0 Å². The molecule has 0 bridgehead atoms. The van der Waals surface area contributed by atoms with Crippen molar-refractivity contribution in [3.05, 3.63) is 69.8 Å². The summed E-state index contributed by atoms with van der Waals surface area (Å²) < 4.78 is 32.8. The number of non-ortho nitro benzene ring substituents is 1. The first-order valence-electron chi connectivity index (χ1n) is 9.08. The Morgan fingerprint density at radius 1 is 1.14 bits per heavy atom. The molecular weight excluding hydrogens is 396 g/mol. The number of carbonyl (C=O) groups is 1. The number of esters is 1. The normalized spacial score (nSPS) is 13.5. The number of methoxy groups -OCH3 is 1. The van der Waals surface area contributed by atoms with Crippen molar-refractivity contribution in [2.24, 2.45) is 5.92 Å². The van der Waals surface area contributed by atoms with Crippen LogP contribution in [-0.4, -0.2) is 32.5 Å². The SMILES string of the molecule is CC[C@@H](Cc1ccc(C)cc1)[C@H](NS(=O)(=O)c1ccc([N+](=O)[O-])cc1)C(=O)OC. The van der Waals surface area contributed by atoms with Crippen molar-refractivity contribution < 1.29 is 22.9 Å². The van der Waals surface area contributed by atoms with Gasteiger partial charge in [0.2, 0.25) is 10.0 Å². The first kappa shape index (κ1) is 22.5. The van der Waals surface area contributed by atoms with Gasteiger partial charge < -0.3 is 4.74 Å². The van der Waals surface area contributed by atoms with Gasteiger partial charge in [-0.25, -0.2) is 8.42 Å². The molecule has 0 fully saturated rings. The summed E-state index contributed by atoms with van der Waals surface area (Å²) >= 11 is 0. The predicted octanol–water partition coefficient (Wildman–Crippen LogP) is 2.99. The second-order valence-electron chi connectivity index (χ2n) is 6.73. The van der Waals surface area contributed by atoms with Gasteiger partial charge >= 0.3 is 5.97 Å². The molecule has 0 spiro atoms. The third-order valence-electron chi connectivity index (χ3n) is 4.71. The number of carbonyl (C=O) groups excluding carboxylic acids is 1. The number of sulfonamides is 1. The molecular formula is C20H24N2O6S. The van der Waals surface area contributed by atoms with E-state index in [1.54, 1.807) is 0 Å². The zero-order chi connectivity index (χ0) is 21.6. The molecule has 0 radical (unpaired) electrons. The maximum atomic E-state index is 12.8. The minimum absolute atomic E-state index is 0.165. The minimum Gasteiger partial charge on any atom is -0.468 e. The van der Waals surface area contributed by atoms with Crippen LogP contribution in [0.1, 0.15) is 24.5 Å². The van der Waals surface area contributed by atoms with Gasteiger partial charge in [0.1, 0.15) is 6.04 Å². The lowest BCUT2D eigenvalue weighted by Crippen LogP contribution is -2.47. The summed E-state index contributed by atoms with van der Waals surface area (Å²) in [6.45, 7) is 3.84. The molecule has 0 unspecified atom stereocenters. The van der Waals surface area contributed by atoms with Gasteiger partial charge in [0.25, 0.3) is 5.69 Å². The van der Waals surface area contributed by atoms with Gasteiger partial charge in [0, 0.05) is 12.1 Å². The Labute approximate surface area is 170 Å². The topological polar surface area (TPSA) is 116 Å². The molecule has 0 heterocycles. The van der Waals surface area contributed by atoms with Gasteiger partial charge in [-0.2, -0.15) is 4.72 Å². The maximum absolute atomic E-state index is 12.8. The van der Waals surface area contributed by atoms with E-state index in [4.69, 9.17) is 4.74 Å². The van der Waals surface area contributed by atoms with Crippen molar-refractivity contribution in [1.82, 2.24) is 4.72 Å². The number of nitro benzene ring substituents is 1. The van der Waals surface area contributed by atoms with Gasteiger partial charge in [-0.05, 0) is 37.0 Å². The maximum Gasteiger partial charge on any atom is 0.324 e. The molecule has 0 aliphatic rings. The summed E-state index contributed by atoms with van der Waals surface area (Å²) in [5.41, 5.74) is 1.86. The highest BCUT2D eigenvalue weighted by atomic mass is 32.2. The van der Waals surface area contributed by atoms with Gasteiger partial charge in [0.05, 0.1) is 16.9 Å². The van der Waals surface area contributed by atoms with Crippen LogP contribution < -0.4 is 4.72 Å². The van der Waals surface area contributed by atoms with Crippen LogP contribution in [0.2, 0.25) is 0 Å². The molecule has 0 aliphatic heterocycles. The van der Waals surface area contributed by atoms with E-state index in [1.807, 2.05) is 38.1 Å². The lowest BCUT2D eigenvalue weighted by atomic mass is 9.90. The number of benzene rings is 2. The average Bonchev–Trinajstić information content (AvgIpc) is 2.71. The highest BCUT2D eigenvalue weighted by Gasteiger charge is 2.33. The van der Waals surface area contributed by atoms with Crippen LogP contribution >= 0.6 is 0 Å². The number of nitrogens with one attached hydrogen (secondary N) is 1. The van der Waals surface area contributed by atoms with Crippen LogP contribution in [0.5, 0.6) is 0 Å². The summed E-state index contributed by atoms with van der Waals surface area (Å²) in [7, 11) is -2.88. The van der Waals surface area contributed by atoms with E-state index in [1.165, 1.54) is 7.11 Å². The minimum atomic E-state index is -4.08. The molecule has 0 amide bonds. The van der Waals surface area contributed by atoms with Crippen LogP contribution in [0.15, 0.2) is 53.4 Å². The van der Waals surface area contributed by atoms with Crippen molar-refractivity contribution in [2.45, 2.75) is 37.6 Å². The van der Waals surface area contributed by atoms with Crippen molar-refractivity contribution in [3.8, 4) is 0 Å². The Kier molecular flexibility index (Phi) is 7.46. The Morgan fingerprint density at radius 3 is 2.21 bits per heavy atom. The molecule has 0 aromatic heterocycles. The van der Waals surface area contributed by atoms with E-state index in [9.17, 15) is 23.3 Å². The second-order valence-corrected chi connectivity index (χ2v) is 8.45. The van der Waals surface area contributed by atoms with Crippen LogP contribution in [0.25, 0.3) is 0 Å². The first-order chi connectivity index (χ1) is 13.7. The Bertz CT molecular complexity index is 955. The van der Waals surface area contributed by atoms with E-state index in [-0.39, 0.29) is 16.5 Å². The number of nitro groups is 1. The molecule has 8 nitrogen and oxygen atoms in total. The number of aryl methyl sites for hydroxylation is 1. The molecule has 2 atom stereocenters. The Balaban J connectivity index is 2.28. The largest absolute Gasteiger partial charge is 0.468 e. The third kappa shape index (κ3) is 5.85. The zero-order valence-electron chi connectivity index (χ0n) is 16.5. The van der Waals surface area contributed by atoms with Gasteiger partial charge in [-0.1, -0.05) is 43.2 Å². The van der Waals surface area contributed by atoms with E-state index < -0.39 is 27.0 Å². The molecule has 2 aromatic rings. The molecule has 0 saturated carbocycles. The van der Waals surface area contributed by atoms with Gasteiger partial charge in [0.15, 0.2) is 0 Å². The van der Waals surface area contributed by atoms with Crippen LogP contribution in [0.3, 0.4) is 0 Å². The number of hydrogen-bond acceptors (Lipinski definition) is 6. The monoisotopic (exact) mass is 420 g/mol. The fraction of sp³-hybridized carbons (Fsp3) is 0.350. The summed E-state index contributed by atoms with van der Waals surface area (Å²) in [5, 5.41) is 10.8. The van der Waals surface area contributed by atoms with E-state index in [0.29, 0.717) is 12.8 Å². The second kappa shape index (κ2) is 9.62. The average molecular weight is 420 g/mol. The first-order valence-corrected chi connectivity index (χ1v) is 10.6. The molecule has 2 rings (SSSR count). The lowest BCUT2D eigenvalue weighted by molar-refractivity contribution is -0.384. The highest BCUT2D eigenvalue weighted by molar-refractivity contribution is 7.89. The van der Waals surface area contributed by atoms with E-state index >= 15 is 0 Å². The summed E-state index contributed by atoms with van der Waals surface area (Å²) in [6.07, 6.45) is 1.02. The van der Waals surface area contributed by atoms with Crippen molar-refractivity contribution in [2.75, 3.05) is 7.11 Å². The molecule has 0 aliphatic carbocycles. The molecule has 29 heavy (non-hydrogen) atoms. The number of ether oxygens (including phenoxy) is 1. The van der Waals surface area contributed by atoms with Crippen molar-refractivity contribution in [3.63, 3.8) is 0 Å². The molecule has 9 heteroatoms. The highest BCUT2D eigenvalue weighted by Crippen LogP contribution is 2.21. The number of hydrogen-bond donors (Lipinski definition) is 1. The zero-order valence-corrected chi connectivity index (χ0v) is 17.3. The Hall–Kier alpha value is -2.78. The smallest absolute Gasteiger partial charge is 0.324 e. The Morgan fingerprint density at radius 2 is 1.72 bits per heavy atom. The molecule has 1 N–H and O–H groups in total. The van der Waals surface area contributed by atoms with Crippen molar-refractivity contribution >= 4 is 21.7 Å². The van der Waals surface area contributed by atoms with E-state index in [0.717, 1.165) is 35.4 Å². The third-order valence-corrected chi connectivity index (χ3v) is 6.17. The van der Waals surface area contributed by atoms with Gasteiger partial charge in [-0.15, -0.1) is 0 Å². The standard InChI is InChI=1S/C20H24N2O6S/c1-4-16(13-15-7-5-14(2)6-8-15)19(20(23)28-3)21-29(26,27)18-11-9-17(10-12-18)22(24)25/h5-12,16,19,21H,4,13H2,1-3H3/t16-,19-/m0/s1.